The number of rotatable bonds is 2. The molecule has 0 fully saturated rings. The maximum Gasteiger partial charge on any atom is 0.129 e. The molecule has 0 saturated heterocycles. The lowest BCUT2D eigenvalue weighted by molar-refractivity contribution is 0.977. The van der Waals surface area contributed by atoms with Crippen LogP contribution in [0.1, 0.15) is 11.4 Å². The molecule has 1 aromatic heterocycles. The molecule has 0 spiro atoms. The van der Waals surface area contributed by atoms with Gasteiger partial charge in [-0.1, -0.05) is 18.2 Å². The molecule has 0 radical (unpaired) electrons. The van der Waals surface area contributed by atoms with Gasteiger partial charge in [-0.3, -0.25) is 4.57 Å². The third-order valence-electron chi connectivity index (χ3n) is 3.09. The Morgan fingerprint density at radius 2 is 2.00 bits per heavy atom. The second-order valence-corrected chi connectivity index (χ2v) is 5.87. The summed E-state index contributed by atoms with van der Waals surface area (Å²) in [6, 6.07) is 14.6. The van der Waals surface area contributed by atoms with E-state index < -0.39 is 0 Å². The Bertz CT molecular complexity index is 749. The summed E-state index contributed by atoms with van der Waals surface area (Å²) in [6.07, 6.45) is 0. The van der Waals surface area contributed by atoms with Gasteiger partial charge in [-0.25, -0.2) is 4.98 Å². The molecule has 0 atom stereocenters. The number of nitrogens with zero attached hydrogens (tertiary/aromatic N) is 2. The molecular formula is C15H12ClIN2. The van der Waals surface area contributed by atoms with Crippen LogP contribution in [-0.4, -0.2) is 9.55 Å². The molecule has 3 rings (SSSR count). The van der Waals surface area contributed by atoms with Gasteiger partial charge in [0.25, 0.3) is 0 Å². The van der Waals surface area contributed by atoms with Crippen molar-refractivity contribution < 1.29 is 0 Å². The van der Waals surface area contributed by atoms with Crippen LogP contribution >= 0.6 is 34.2 Å². The first-order valence-corrected chi connectivity index (χ1v) is 7.61. The van der Waals surface area contributed by atoms with Crippen molar-refractivity contribution in [1.82, 2.24) is 9.55 Å². The first kappa shape index (κ1) is 12.9. The number of alkyl halides is 1. The zero-order valence-electron chi connectivity index (χ0n) is 10.4. The predicted molar refractivity (Wildman–Crippen MR) is 88.1 cm³/mol. The summed E-state index contributed by atoms with van der Waals surface area (Å²) in [6.45, 7) is 2.07. The van der Waals surface area contributed by atoms with Crippen LogP contribution in [0.4, 0.5) is 0 Å². The molecule has 0 aliphatic carbocycles. The molecule has 0 amide bonds. The molecule has 19 heavy (non-hydrogen) atoms. The Morgan fingerprint density at radius 1 is 1.21 bits per heavy atom. The number of para-hydroxylation sites is 1. The van der Waals surface area contributed by atoms with Gasteiger partial charge in [-0.15, -0.1) is 11.6 Å². The summed E-state index contributed by atoms with van der Waals surface area (Å²) >= 11 is 8.40. The van der Waals surface area contributed by atoms with Crippen molar-refractivity contribution in [2.24, 2.45) is 0 Å². The molecule has 1 heterocycles. The molecule has 0 saturated carbocycles. The summed E-state index contributed by atoms with van der Waals surface area (Å²) < 4.78 is 3.33. The molecule has 0 unspecified atom stereocenters. The Labute approximate surface area is 130 Å². The smallest absolute Gasteiger partial charge is 0.129 e. The van der Waals surface area contributed by atoms with Crippen molar-refractivity contribution in [3.63, 3.8) is 0 Å². The number of aryl methyl sites for hydroxylation is 1. The lowest BCUT2D eigenvalue weighted by Crippen LogP contribution is -2.01. The van der Waals surface area contributed by atoms with Gasteiger partial charge in [0.2, 0.25) is 0 Å². The fourth-order valence-corrected chi connectivity index (χ4v) is 3.04. The van der Waals surface area contributed by atoms with E-state index in [0.717, 1.165) is 22.5 Å². The zero-order chi connectivity index (χ0) is 13.4. The Balaban J connectivity index is 2.36. The SMILES string of the molecule is Cc1ccc2c(c1)nc(CCl)n2-c1ccccc1I. The molecule has 4 heteroatoms. The minimum absolute atomic E-state index is 0.401. The Hall–Kier alpha value is -1.07. The van der Waals surface area contributed by atoms with Gasteiger partial charge in [0.1, 0.15) is 5.82 Å². The van der Waals surface area contributed by atoms with Crippen LogP contribution in [0, 0.1) is 10.5 Å². The minimum Gasteiger partial charge on any atom is -0.294 e. The van der Waals surface area contributed by atoms with E-state index in [9.17, 15) is 0 Å². The third-order valence-corrected chi connectivity index (χ3v) is 4.24. The van der Waals surface area contributed by atoms with E-state index in [1.165, 1.54) is 9.13 Å². The number of aromatic nitrogens is 2. The van der Waals surface area contributed by atoms with Crippen molar-refractivity contribution in [2.75, 3.05) is 0 Å². The number of imidazole rings is 1. The topological polar surface area (TPSA) is 17.8 Å². The van der Waals surface area contributed by atoms with Crippen LogP contribution in [0.2, 0.25) is 0 Å². The monoisotopic (exact) mass is 382 g/mol. The molecular weight excluding hydrogens is 371 g/mol. The fourth-order valence-electron chi connectivity index (χ4n) is 2.23. The van der Waals surface area contributed by atoms with Crippen LogP contribution in [-0.2, 0) is 5.88 Å². The van der Waals surface area contributed by atoms with Crippen molar-refractivity contribution in [2.45, 2.75) is 12.8 Å². The highest BCUT2D eigenvalue weighted by molar-refractivity contribution is 14.1. The van der Waals surface area contributed by atoms with Gasteiger partial charge in [-0.05, 0) is 59.3 Å². The molecule has 2 aromatic carbocycles. The van der Waals surface area contributed by atoms with Crippen LogP contribution in [0.5, 0.6) is 0 Å². The van der Waals surface area contributed by atoms with Crippen LogP contribution in [0.25, 0.3) is 16.7 Å². The van der Waals surface area contributed by atoms with Crippen molar-refractivity contribution in [3.05, 3.63) is 57.4 Å². The van der Waals surface area contributed by atoms with Gasteiger partial charge in [-0.2, -0.15) is 0 Å². The molecule has 0 bridgehead atoms. The number of hydrogen-bond donors (Lipinski definition) is 0. The van der Waals surface area contributed by atoms with E-state index in [2.05, 4.69) is 69.4 Å². The quantitative estimate of drug-likeness (QED) is 0.465. The number of halogens is 2. The van der Waals surface area contributed by atoms with E-state index in [1.54, 1.807) is 0 Å². The van der Waals surface area contributed by atoms with E-state index in [4.69, 9.17) is 11.6 Å². The molecule has 0 aliphatic heterocycles. The highest BCUT2D eigenvalue weighted by atomic mass is 127. The number of fused-ring (bicyclic) bond motifs is 1. The molecule has 96 valence electrons. The fraction of sp³-hybridized carbons (Fsp3) is 0.133. The Kier molecular flexibility index (Phi) is 3.50. The molecule has 3 aromatic rings. The highest BCUT2D eigenvalue weighted by Gasteiger charge is 2.13. The summed E-state index contributed by atoms with van der Waals surface area (Å²) in [4.78, 5) is 4.64. The van der Waals surface area contributed by atoms with Crippen LogP contribution in [0.15, 0.2) is 42.5 Å². The number of hydrogen-bond acceptors (Lipinski definition) is 1. The van der Waals surface area contributed by atoms with Crippen LogP contribution < -0.4 is 0 Å². The Morgan fingerprint density at radius 3 is 2.74 bits per heavy atom. The predicted octanol–water partition coefficient (Wildman–Crippen LogP) is 4.68. The highest BCUT2D eigenvalue weighted by Crippen LogP contribution is 2.26. The average molecular weight is 383 g/mol. The van der Waals surface area contributed by atoms with Gasteiger partial charge in [0.05, 0.1) is 22.6 Å². The van der Waals surface area contributed by atoms with Crippen LogP contribution in [0.3, 0.4) is 0 Å². The normalized spacial score (nSPS) is 11.1. The van der Waals surface area contributed by atoms with Gasteiger partial charge in [0.15, 0.2) is 0 Å². The second-order valence-electron chi connectivity index (χ2n) is 4.44. The van der Waals surface area contributed by atoms with E-state index in [0.29, 0.717) is 5.88 Å². The standard InChI is InChI=1S/C15H12ClIN2/c1-10-6-7-14-12(8-10)18-15(9-16)19(14)13-5-3-2-4-11(13)17/h2-8H,9H2,1H3. The second kappa shape index (κ2) is 5.13. The van der Waals surface area contributed by atoms with Gasteiger partial charge >= 0.3 is 0 Å². The summed E-state index contributed by atoms with van der Waals surface area (Å²) in [5.41, 5.74) is 4.44. The first-order chi connectivity index (χ1) is 9.20. The van der Waals surface area contributed by atoms with Gasteiger partial charge < -0.3 is 0 Å². The summed E-state index contributed by atoms with van der Waals surface area (Å²) in [5, 5.41) is 0. The van der Waals surface area contributed by atoms with E-state index in [1.807, 2.05) is 12.1 Å². The van der Waals surface area contributed by atoms with Crippen molar-refractivity contribution in [3.8, 4) is 5.69 Å². The molecule has 0 aliphatic rings. The lowest BCUT2D eigenvalue weighted by Gasteiger charge is -2.09. The summed E-state index contributed by atoms with van der Waals surface area (Å²) in [5.74, 6) is 1.28. The zero-order valence-corrected chi connectivity index (χ0v) is 13.3. The molecule has 2 nitrogen and oxygen atoms in total. The lowest BCUT2D eigenvalue weighted by atomic mass is 10.2. The minimum atomic E-state index is 0.401. The first-order valence-electron chi connectivity index (χ1n) is 5.99. The number of benzene rings is 2. The van der Waals surface area contributed by atoms with Gasteiger partial charge in [0, 0.05) is 3.57 Å². The van der Waals surface area contributed by atoms with E-state index >= 15 is 0 Å². The van der Waals surface area contributed by atoms with E-state index in [-0.39, 0.29) is 0 Å². The van der Waals surface area contributed by atoms with Crippen molar-refractivity contribution in [1.29, 1.82) is 0 Å². The average Bonchev–Trinajstić information content (AvgIpc) is 2.76. The maximum absolute atomic E-state index is 6.06. The molecule has 0 N–H and O–H groups in total. The largest absolute Gasteiger partial charge is 0.294 e. The maximum atomic E-state index is 6.06. The summed E-state index contributed by atoms with van der Waals surface area (Å²) in [7, 11) is 0. The van der Waals surface area contributed by atoms with Crippen molar-refractivity contribution >= 4 is 45.2 Å². The third kappa shape index (κ3) is 2.25.